The molecule has 0 amide bonds. The molecule has 5 heteroatoms. The molecule has 4 nitrogen and oxygen atoms in total. The Bertz CT molecular complexity index is 133. The first kappa shape index (κ1) is 18.5. The van der Waals surface area contributed by atoms with Crippen molar-refractivity contribution >= 4 is 18.4 Å². The first-order valence-electron chi connectivity index (χ1n) is 4.05. The van der Waals surface area contributed by atoms with E-state index in [1.807, 2.05) is 13.8 Å². The number of ether oxygens (including phenoxy) is 1. The number of hydrogen-bond acceptors (Lipinski definition) is 3. The van der Waals surface area contributed by atoms with Crippen molar-refractivity contribution < 1.29 is 15.0 Å². The van der Waals surface area contributed by atoms with Crippen LogP contribution in [-0.4, -0.2) is 24.1 Å². The van der Waals surface area contributed by atoms with Crippen LogP contribution in [0.3, 0.4) is 0 Å². The summed E-state index contributed by atoms with van der Waals surface area (Å²) in [5.41, 5.74) is 5.58. The van der Waals surface area contributed by atoms with Gasteiger partial charge in [-0.05, 0) is 12.8 Å². The van der Waals surface area contributed by atoms with Crippen LogP contribution in [0.4, 0.5) is 0 Å². The lowest BCUT2D eigenvalue weighted by atomic mass is 10.0. The van der Waals surface area contributed by atoms with Gasteiger partial charge < -0.3 is 15.9 Å². The molecule has 0 aromatic rings. The molecule has 0 aromatic carbocycles. The second-order valence-electron chi connectivity index (χ2n) is 2.66. The summed E-state index contributed by atoms with van der Waals surface area (Å²) >= 11 is 0. The average molecular weight is 214 g/mol. The minimum Gasteiger partial charge on any atom is -0.465 e. The number of carbonyl (C=O) groups is 1. The van der Waals surface area contributed by atoms with Gasteiger partial charge in [0.25, 0.3) is 0 Å². The maximum absolute atomic E-state index is 11.0. The summed E-state index contributed by atoms with van der Waals surface area (Å²) in [4.78, 5) is 11.0. The Labute approximate surface area is 85.5 Å². The highest BCUT2D eigenvalue weighted by molar-refractivity contribution is 5.85. The normalized spacial score (nSPS) is 13.2. The molecule has 2 atom stereocenters. The molecule has 0 spiro atoms. The van der Waals surface area contributed by atoms with Crippen LogP contribution in [0.5, 0.6) is 0 Å². The van der Waals surface area contributed by atoms with E-state index in [2.05, 4.69) is 0 Å². The van der Waals surface area contributed by atoms with E-state index in [1.165, 1.54) is 0 Å². The maximum Gasteiger partial charge on any atom is 0.323 e. The molecule has 0 unspecified atom stereocenters. The first-order chi connectivity index (χ1) is 5.13. The van der Waals surface area contributed by atoms with Gasteiger partial charge in [0.15, 0.2) is 0 Å². The Hall–Kier alpha value is -0.320. The fourth-order valence-electron chi connectivity index (χ4n) is 0.725. The molecule has 0 aliphatic carbocycles. The minimum atomic E-state index is -0.458. The third-order valence-corrected chi connectivity index (χ3v) is 1.82. The Kier molecular flexibility index (Phi) is 13.9. The molecule has 13 heavy (non-hydrogen) atoms. The lowest BCUT2D eigenvalue weighted by Gasteiger charge is -2.15. The van der Waals surface area contributed by atoms with Gasteiger partial charge in [0, 0.05) is 0 Å². The Morgan fingerprint density at radius 3 is 2.23 bits per heavy atom. The van der Waals surface area contributed by atoms with E-state index in [1.54, 1.807) is 6.92 Å². The lowest BCUT2D eigenvalue weighted by molar-refractivity contribution is -0.145. The van der Waals surface area contributed by atoms with E-state index >= 15 is 0 Å². The smallest absolute Gasteiger partial charge is 0.323 e. The van der Waals surface area contributed by atoms with E-state index < -0.39 is 6.04 Å². The van der Waals surface area contributed by atoms with E-state index in [0.29, 0.717) is 6.61 Å². The van der Waals surface area contributed by atoms with Crippen LogP contribution < -0.4 is 5.73 Å². The van der Waals surface area contributed by atoms with Crippen LogP contribution >= 0.6 is 12.4 Å². The Morgan fingerprint density at radius 2 is 1.92 bits per heavy atom. The standard InChI is InChI=1S/C8H17NO2.ClH.H2O/c1-4-6(3)7(9)8(10)11-5-2;;/h6-7H,4-5,9H2,1-3H3;1H;1H2/t6-,7-;;/m0../s1. The molecule has 0 rings (SSSR count). The van der Waals surface area contributed by atoms with E-state index in [4.69, 9.17) is 10.5 Å². The van der Waals surface area contributed by atoms with Crippen LogP contribution in [0, 0.1) is 5.92 Å². The summed E-state index contributed by atoms with van der Waals surface area (Å²) in [5, 5.41) is 0. The number of nitrogens with two attached hydrogens (primary N) is 1. The van der Waals surface area contributed by atoms with Crippen molar-refractivity contribution in [2.45, 2.75) is 33.2 Å². The maximum atomic E-state index is 11.0. The highest BCUT2D eigenvalue weighted by atomic mass is 35.5. The van der Waals surface area contributed by atoms with Crippen molar-refractivity contribution in [2.75, 3.05) is 6.61 Å². The van der Waals surface area contributed by atoms with Gasteiger partial charge in [-0.3, -0.25) is 4.79 Å². The van der Waals surface area contributed by atoms with Gasteiger partial charge >= 0.3 is 5.97 Å². The number of esters is 1. The summed E-state index contributed by atoms with van der Waals surface area (Å²) in [6.07, 6.45) is 0.903. The number of rotatable bonds is 4. The molecule has 0 heterocycles. The zero-order valence-corrected chi connectivity index (χ0v) is 9.19. The largest absolute Gasteiger partial charge is 0.465 e. The van der Waals surface area contributed by atoms with Crippen molar-refractivity contribution in [3.05, 3.63) is 0 Å². The zero-order valence-electron chi connectivity index (χ0n) is 8.37. The summed E-state index contributed by atoms with van der Waals surface area (Å²) in [6, 6.07) is -0.458. The van der Waals surface area contributed by atoms with Gasteiger partial charge in [-0.15, -0.1) is 12.4 Å². The van der Waals surface area contributed by atoms with E-state index in [0.717, 1.165) is 6.42 Å². The molecule has 4 N–H and O–H groups in total. The molecule has 0 aliphatic heterocycles. The first-order valence-corrected chi connectivity index (χ1v) is 4.05. The van der Waals surface area contributed by atoms with Crippen LogP contribution in [-0.2, 0) is 9.53 Å². The Balaban J connectivity index is -0.000000500. The highest BCUT2D eigenvalue weighted by Gasteiger charge is 2.19. The molecule has 0 fully saturated rings. The summed E-state index contributed by atoms with van der Waals surface area (Å²) in [6.45, 7) is 6.13. The van der Waals surface area contributed by atoms with Gasteiger partial charge in [-0.1, -0.05) is 20.3 Å². The van der Waals surface area contributed by atoms with Crippen molar-refractivity contribution in [3.8, 4) is 0 Å². The molecular weight excluding hydrogens is 194 g/mol. The third kappa shape index (κ3) is 6.81. The summed E-state index contributed by atoms with van der Waals surface area (Å²) in [7, 11) is 0. The Morgan fingerprint density at radius 1 is 1.46 bits per heavy atom. The lowest BCUT2D eigenvalue weighted by Crippen LogP contribution is -2.37. The molecule has 0 saturated heterocycles. The van der Waals surface area contributed by atoms with Gasteiger partial charge in [0.05, 0.1) is 6.61 Å². The summed E-state index contributed by atoms with van der Waals surface area (Å²) < 4.78 is 4.76. The molecule has 0 bridgehead atoms. The third-order valence-electron chi connectivity index (χ3n) is 1.82. The number of carbonyl (C=O) groups excluding carboxylic acids is 1. The van der Waals surface area contributed by atoms with Crippen molar-refractivity contribution in [2.24, 2.45) is 11.7 Å². The topological polar surface area (TPSA) is 83.8 Å². The van der Waals surface area contributed by atoms with Crippen LogP contribution in [0.1, 0.15) is 27.2 Å². The fraction of sp³-hybridized carbons (Fsp3) is 0.875. The molecule has 0 saturated carbocycles. The van der Waals surface area contributed by atoms with E-state index in [-0.39, 0.29) is 29.8 Å². The molecular formula is C8H20ClNO3. The molecule has 82 valence electrons. The van der Waals surface area contributed by atoms with Crippen molar-refractivity contribution in [1.29, 1.82) is 0 Å². The van der Waals surface area contributed by atoms with Crippen LogP contribution in [0.15, 0.2) is 0 Å². The monoisotopic (exact) mass is 213 g/mol. The van der Waals surface area contributed by atoms with Gasteiger partial charge in [-0.25, -0.2) is 0 Å². The average Bonchev–Trinajstić information content (AvgIpc) is 2.02. The van der Waals surface area contributed by atoms with Crippen LogP contribution in [0.2, 0.25) is 0 Å². The van der Waals surface area contributed by atoms with Crippen molar-refractivity contribution in [3.63, 3.8) is 0 Å². The van der Waals surface area contributed by atoms with Crippen LogP contribution in [0.25, 0.3) is 0 Å². The van der Waals surface area contributed by atoms with Gasteiger partial charge in [0.2, 0.25) is 0 Å². The molecule has 0 aliphatic rings. The highest BCUT2D eigenvalue weighted by Crippen LogP contribution is 2.06. The summed E-state index contributed by atoms with van der Waals surface area (Å²) in [5.74, 6) is -0.0871. The number of hydrogen-bond donors (Lipinski definition) is 1. The predicted octanol–water partition coefficient (Wildman–Crippen LogP) is 0.520. The minimum absolute atomic E-state index is 0. The fourth-order valence-corrected chi connectivity index (χ4v) is 0.725. The predicted molar refractivity (Wildman–Crippen MR) is 54.9 cm³/mol. The SMILES string of the molecule is CCOC(=O)[C@@H](N)[C@@H](C)CC.Cl.O. The molecule has 0 aromatic heterocycles. The number of halogens is 1. The zero-order chi connectivity index (χ0) is 8.85. The second kappa shape index (κ2) is 9.77. The quantitative estimate of drug-likeness (QED) is 0.691. The van der Waals surface area contributed by atoms with Gasteiger partial charge in [-0.2, -0.15) is 0 Å². The molecule has 0 radical (unpaired) electrons. The van der Waals surface area contributed by atoms with Gasteiger partial charge in [0.1, 0.15) is 6.04 Å². The second-order valence-corrected chi connectivity index (χ2v) is 2.66. The van der Waals surface area contributed by atoms with Crippen molar-refractivity contribution in [1.82, 2.24) is 0 Å². The van der Waals surface area contributed by atoms with E-state index in [9.17, 15) is 4.79 Å².